The number of carbonyl (C=O) groups is 1. The maximum atomic E-state index is 12.4. The lowest BCUT2D eigenvalue weighted by Crippen LogP contribution is -2.53. The molecule has 1 aliphatic rings. The molecule has 0 bridgehead atoms. The van der Waals surface area contributed by atoms with E-state index >= 15 is 0 Å². The highest BCUT2D eigenvalue weighted by molar-refractivity contribution is 5.98. The number of nitrogens with two attached hydrogens (primary N) is 1. The van der Waals surface area contributed by atoms with Crippen LogP contribution in [0.1, 0.15) is 32.6 Å². The summed E-state index contributed by atoms with van der Waals surface area (Å²) in [4.78, 5) is 12.4. The Morgan fingerprint density at radius 3 is 2.86 bits per heavy atom. The van der Waals surface area contributed by atoms with Crippen LogP contribution in [-0.2, 0) is 4.79 Å². The van der Waals surface area contributed by atoms with Crippen molar-refractivity contribution in [3.05, 3.63) is 24.3 Å². The Hall–Kier alpha value is -2.06. The van der Waals surface area contributed by atoms with E-state index in [-0.39, 0.29) is 12.5 Å². The van der Waals surface area contributed by atoms with Gasteiger partial charge in [-0.1, -0.05) is 19.8 Å². The fourth-order valence-electron chi connectivity index (χ4n) is 2.80. The number of nitrogens with zero attached hydrogens (tertiary/aromatic N) is 1. The zero-order valence-corrected chi connectivity index (χ0v) is 12.3. The van der Waals surface area contributed by atoms with Crippen LogP contribution < -0.4 is 15.8 Å². The summed E-state index contributed by atoms with van der Waals surface area (Å²) in [5, 5.41) is 11.3. The highest BCUT2D eigenvalue weighted by atomic mass is 16.5. The van der Waals surface area contributed by atoms with Gasteiger partial charge in [0.1, 0.15) is 11.8 Å². The highest BCUT2D eigenvalue weighted by Crippen LogP contribution is 2.31. The van der Waals surface area contributed by atoms with Gasteiger partial charge in [0.25, 0.3) is 0 Å². The van der Waals surface area contributed by atoms with Crippen molar-refractivity contribution in [2.45, 2.75) is 38.1 Å². The molecule has 5 nitrogen and oxygen atoms in total. The molecule has 2 rings (SSSR count). The largest absolute Gasteiger partial charge is 0.479 e. The molecule has 1 aromatic carbocycles. The first-order valence-corrected chi connectivity index (χ1v) is 7.24. The average molecular weight is 287 g/mol. The van der Waals surface area contributed by atoms with Crippen molar-refractivity contribution in [1.82, 2.24) is 0 Å². The van der Waals surface area contributed by atoms with Gasteiger partial charge in [-0.3, -0.25) is 4.79 Å². The van der Waals surface area contributed by atoms with Crippen molar-refractivity contribution in [3.8, 4) is 11.8 Å². The van der Waals surface area contributed by atoms with E-state index in [9.17, 15) is 4.79 Å². The zero-order chi connectivity index (χ0) is 15.3. The summed E-state index contributed by atoms with van der Waals surface area (Å²) in [6.45, 7) is 2.14. The van der Waals surface area contributed by atoms with Crippen molar-refractivity contribution < 1.29 is 9.53 Å². The van der Waals surface area contributed by atoms with Gasteiger partial charge in [-0.25, -0.2) is 0 Å². The number of anilines is 1. The molecule has 21 heavy (non-hydrogen) atoms. The van der Waals surface area contributed by atoms with Crippen LogP contribution in [0, 0.1) is 17.2 Å². The summed E-state index contributed by atoms with van der Waals surface area (Å²) in [5.41, 5.74) is 6.18. The number of benzene rings is 1. The average Bonchev–Trinajstić information content (AvgIpc) is 2.46. The third-order valence-electron chi connectivity index (χ3n) is 3.90. The minimum atomic E-state index is -0.770. The molecular weight excluding hydrogens is 266 g/mol. The molecule has 0 aromatic heterocycles. The van der Waals surface area contributed by atoms with E-state index in [2.05, 4.69) is 12.2 Å². The second-order valence-electron chi connectivity index (χ2n) is 5.78. The lowest BCUT2D eigenvalue weighted by Gasteiger charge is -2.35. The number of amides is 1. The third kappa shape index (κ3) is 3.96. The molecular formula is C16H21N3O2. The van der Waals surface area contributed by atoms with E-state index in [1.807, 2.05) is 6.07 Å². The molecule has 0 heterocycles. The van der Waals surface area contributed by atoms with Gasteiger partial charge in [0.2, 0.25) is 5.91 Å². The fraction of sp³-hybridized carbons (Fsp3) is 0.500. The molecule has 0 radical (unpaired) electrons. The Labute approximate surface area is 125 Å². The second kappa shape index (κ2) is 6.59. The predicted molar refractivity (Wildman–Crippen MR) is 80.7 cm³/mol. The van der Waals surface area contributed by atoms with Crippen LogP contribution in [0.3, 0.4) is 0 Å². The molecule has 2 atom stereocenters. The normalized spacial score (nSPS) is 24.9. The Morgan fingerprint density at radius 1 is 1.52 bits per heavy atom. The number of carbonyl (C=O) groups excluding carboxylic acids is 1. The number of hydrogen-bond donors (Lipinski definition) is 2. The Kier molecular flexibility index (Phi) is 4.81. The molecule has 1 aromatic rings. The molecule has 0 spiro atoms. The van der Waals surface area contributed by atoms with Crippen molar-refractivity contribution in [1.29, 1.82) is 5.26 Å². The summed E-state index contributed by atoms with van der Waals surface area (Å²) in [6, 6.07) is 8.85. The summed E-state index contributed by atoms with van der Waals surface area (Å²) < 4.78 is 5.17. The van der Waals surface area contributed by atoms with Gasteiger partial charge in [-0.15, -0.1) is 0 Å². The van der Waals surface area contributed by atoms with Gasteiger partial charge < -0.3 is 15.8 Å². The van der Waals surface area contributed by atoms with Crippen LogP contribution in [0.15, 0.2) is 24.3 Å². The topological polar surface area (TPSA) is 88.1 Å². The molecule has 0 saturated heterocycles. The number of nitriles is 1. The number of hydrogen-bond acceptors (Lipinski definition) is 4. The molecule has 3 N–H and O–H groups in total. The monoisotopic (exact) mass is 287 g/mol. The smallest absolute Gasteiger partial charge is 0.244 e. The molecule has 0 aliphatic heterocycles. The van der Waals surface area contributed by atoms with Crippen LogP contribution >= 0.6 is 0 Å². The highest BCUT2D eigenvalue weighted by Gasteiger charge is 2.37. The van der Waals surface area contributed by atoms with E-state index in [0.717, 1.165) is 25.7 Å². The van der Waals surface area contributed by atoms with E-state index in [1.165, 1.54) is 0 Å². The summed E-state index contributed by atoms with van der Waals surface area (Å²) in [5.74, 6) is 0.958. The minimum absolute atomic E-state index is 0.00943. The molecule has 112 valence electrons. The maximum Gasteiger partial charge on any atom is 0.244 e. The summed E-state index contributed by atoms with van der Waals surface area (Å²) >= 11 is 0. The number of ether oxygens (including phenoxy) is 1. The molecule has 1 amide bonds. The van der Waals surface area contributed by atoms with Crippen molar-refractivity contribution in [2.75, 3.05) is 11.9 Å². The van der Waals surface area contributed by atoms with E-state index in [4.69, 9.17) is 15.7 Å². The Balaban J connectivity index is 1.97. The van der Waals surface area contributed by atoms with Gasteiger partial charge in [-0.2, -0.15) is 5.26 Å². The van der Waals surface area contributed by atoms with Gasteiger partial charge in [0.05, 0.1) is 5.54 Å². The predicted octanol–water partition coefficient (Wildman–Crippen LogP) is 2.44. The van der Waals surface area contributed by atoms with Crippen LogP contribution in [0.25, 0.3) is 0 Å². The minimum Gasteiger partial charge on any atom is -0.479 e. The van der Waals surface area contributed by atoms with Crippen molar-refractivity contribution in [3.63, 3.8) is 0 Å². The summed E-state index contributed by atoms with van der Waals surface area (Å²) in [7, 11) is 0. The van der Waals surface area contributed by atoms with Gasteiger partial charge >= 0.3 is 0 Å². The molecule has 1 aliphatic carbocycles. The third-order valence-corrected chi connectivity index (χ3v) is 3.90. The Bertz CT molecular complexity index is 535. The quantitative estimate of drug-likeness (QED) is 0.890. The first kappa shape index (κ1) is 15.3. The van der Waals surface area contributed by atoms with Crippen LogP contribution in [-0.4, -0.2) is 18.1 Å². The molecule has 5 heteroatoms. The van der Waals surface area contributed by atoms with E-state index < -0.39 is 5.54 Å². The van der Waals surface area contributed by atoms with Crippen molar-refractivity contribution >= 4 is 11.6 Å². The van der Waals surface area contributed by atoms with Crippen LogP contribution in [0.5, 0.6) is 5.75 Å². The second-order valence-corrected chi connectivity index (χ2v) is 5.78. The number of nitrogens with one attached hydrogen (secondary N) is 1. The Morgan fingerprint density at radius 2 is 2.24 bits per heavy atom. The lowest BCUT2D eigenvalue weighted by atomic mass is 9.76. The fourth-order valence-corrected chi connectivity index (χ4v) is 2.80. The summed E-state index contributed by atoms with van der Waals surface area (Å²) in [6.07, 6.45) is 3.58. The first-order chi connectivity index (χ1) is 10.0. The standard InChI is InChI=1S/C16H21N3O2/c1-12-3-2-8-16(18,11-12)15(20)19-13-4-6-14(7-5-13)21-10-9-17/h4-7,12H,2-3,8,10-11,18H2,1H3,(H,19,20). The SMILES string of the molecule is CC1CCCC(N)(C(=O)Nc2ccc(OCC#N)cc2)C1. The molecule has 1 saturated carbocycles. The van der Waals surface area contributed by atoms with Gasteiger partial charge in [0, 0.05) is 5.69 Å². The first-order valence-electron chi connectivity index (χ1n) is 7.24. The number of rotatable bonds is 4. The van der Waals surface area contributed by atoms with Gasteiger partial charge in [-0.05, 0) is 43.0 Å². The van der Waals surface area contributed by atoms with Gasteiger partial charge in [0.15, 0.2) is 6.61 Å². The van der Waals surface area contributed by atoms with E-state index in [1.54, 1.807) is 24.3 Å². The molecule has 2 unspecified atom stereocenters. The maximum absolute atomic E-state index is 12.4. The van der Waals surface area contributed by atoms with Crippen LogP contribution in [0.4, 0.5) is 5.69 Å². The molecule has 1 fully saturated rings. The van der Waals surface area contributed by atoms with Crippen LogP contribution in [0.2, 0.25) is 0 Å². The lowest BCUT2D eigenvalue weighted by molar-refractivity contribution is -0.122. The zero-order valence-electron chi connectivity index (χ0n) is 12.3. The van der Waals surface area contributed by atoms with Crippen molar-refractivity contribution in [2.24, 2.45) is 11.7 Å². The van der Waals surface area contributed by atoms with E-state index in [0.29, 0.717) is 17.4 Å².